The van der Waals surface area contributed by atoms with Gasteiger partial charge in [0.1, 0.15) is 0 Å². The normalized spacial score (nSPS) is 27.2. The maximum Gasteiger partial charge on any atom is 0.328 e. The Labute approximate surface area is 93.1 Å². The minimum atomic E-state index is -1.02. The van der Waals surface area contributed by atoms with Crippen LogP contribution in [-0.2, 0) is 9.59 Å². The molecule has 1 fully saturated rings. The summed E-state index contributed by atoms with van der Waals surface area (Å²) in [6.45, 7) is 0.914. The van der Waals surface area contributed by atoms with E-state index in [4.69, 9.17) is 15.9 Å². The van der Waals surface area contributed by atoms with E-state index >= 15 is 0 Å². The van der Waals surface area contributed by atoms with E-state index in [0.29, 0.717) is 25.1 Å². The summed E-state index contributed by atoms with van der Waals surface area (Å²) in [5, 5.41) is 20.4. The van der Waals surface area contributed by atoms with Crippen molar-refractivity contribution in [2.45, 2.75) is 18.9 Å². The Morgan fingerprint density at radius 3 is 2.69 bits per heavy atom. The minimum Gasteiger partial charge on any atom is -0.481 e. The molecule has 0 aromatic rings. The van der Waals surface area contributed by atoms with Gasteiger partial charge in [-0.15, -0.1) is 0 Å². The van der Waals surface area contributed by atoms with Gasteiger partial charge in [0.25, 0.3) is 0 Å². The Hall–Kier alpha value is -1.40. The van der Waals surface area contributed by atoms with Crippen molar-refractivity contribution in [2.75, 3.05) is 13.1 Å². The monoisotopic (exact) mass is 228 g/mol. The van der Waals surface area contributed by atoms with Crippen molar-refractivity contribution in [1.82, 2.24) is 5.32 Å². The molecule has 90 valence electrons. The Bertz CT molecular complexity index is 314. The minimum absolute atomic E-state index is 0.0410. The maximum atomic E-state index is 10.6. The Morgan fingerprint density at radius 1 is 1.50 bits per heavy atom. The Morgan fingerprint density at radius 2 is 2.19 bits per heavy atom. The number of aliphatic carboxylic acids is 2. The second-order valence-corrected chi connectivity index (χ2v) is 3.81. The molecule has 0 spiro atoms. The molecule has 6 nitrogen and oxygen atoms in total. The highest BCUT2D eigenvalue weighted by atomic mass is 16.4. The summed E-state index contributed by atoms with van der Waals surface area (Å²) in [5.74, 6) is -1.93. The summed E-state index contributed by atoms with van der Waals surface area (Å²) in [6.07, 6.45) is 1.63. The molecule has 0 aromatic carbocycles. The van der Waals surface area contributed by atoms with Crippen molar-refractivity contribution in [3.63, 3.8) is 0 Å². The van der Waals surface area contributed by atoms with Crippen LogP contribution in [0, 0.1) is 5.92 Å². The van der Waals surface area contributed by atoms with Gasteiger partial charge in [-0.3, -0.25) is 4.79 Å². The van der Waals surface area contributed by atoms with E-state index in [9.17, 15) is 9.59 Å². The number of nitrogens with one attached hydrogen (secondary N) is 1. The van der Waals surface area contributed by atoms with Crippen LogP contribution in [-0.4, -0.2) is 41.3 Å². The fourth-order valence-electron chi connectivity index (χ4n) is 1.95. The van der Waals surface area contributed by atoms with Gasteiger partial charge in [-0.2, -0.15) is 0 Å². The standard InChI is InChI=1S/C10H16N2O4/c11-4-8-7(3-10(15)16)6(5-12-8)1-2-9(13)14/h3,6,8,12H,1-2,4-5,11H2,(H,13,14)(H,15,16)/b7-3+/t6-,8?/m1/s1. The number of hydrogen-bond acceptors (Lipinski definition) is 4. The van der Waals surface area contributed by atoms with Crippen molar-refractivity contribution < 1.29 is 19.8 Å². The zero-order valence-corrected chi connectivity index (χ0v) is 8.85. The van der Waals surface area contributed by atoms with Crippen molar-refractivity contribution in [3.05, 3.63) is 11.6 Å². The predicted molar refractivity (Wildman–Crippen MR) is 56.9 cm³/mol. The average Bonchev–Trinajstić information content (AvgIpc) is 2.56. The van der Waals surface area contributed by atoms with Crippen molar-refractivity contribution in [3.8, 4) is 0 Å². The van der Waals surface area contributed by atoms with Crippen LogP contribution >= 0.6 is 0 Å². The molecule has 1 aliphatic rings. The van der Waals surface area contributed by atoms with Crippen LogP contribution in [0.2, 0.25) is 0 Å². The van der Waals surface area contributed by atoms with E-state index < -0.39 is 11.9 Å². The zero-order valence-electron chi connectivity index (χ0n) is 8.85. The molecule has 0 radical (unpaired) electrons. The molecule has 1 saturated heterocycles. The van der Waals surface area contributed by atoms with Crippen LogP contribution in [0.25, 0.3) is 0 Å². The van der Waals surface area contributed by atoms with Crippen LogP contribution in [0.1, 0.15) is 12.8 Å². The van der Waals surface area contributed by atoms with E-state index in [1.54, 1.807) is 0 Å². The second-order valence-electron chi connectivity index (χ2n) is 3.81. The van der Waals surface area contributed by atoms with Gasteiger partial charge < -0.3 is 21.3 Å². The number of carbonyl (C=O) groups is 2. The van der Waals surface area contributed by atoms with Crippen LogP contribution in [0.4, 0.5) is 0 Å². The van der Waals surface area contributed by atoms with E-state index in [1.165, 1.54) is 0 Å². The lowest BCUT2D eigenvalue weighted by atomic mass is 9.93. The van der Waals surface area contributed by atoms with Gasteiger partial charge in [0.05, 0.1) is 0 Å². The van der Waals surface area contributed by atoms with Gasteiger partial charge in [-0.25, -0.2) is 4.79 Å². The molecule has 0 bridgehead atoms. The first-order chi connectivity index (χ1) is 7.54. The number of carboxylic acids is 2. The molecule has 0 aliphatic carbocycles. The fourth-order valence-corrected chi connectivity index (χ4v) is 1.95. The molecular formula is C10H16N2O4. The first-order valence-electron chi connectivity index (χ1n) is 5.14. The van der Waals surface area contributed by atoms with E-state index in [0.717, 1.165) is 6.08 Å². The van der Waals surface area contributed by atoms with E-state index in [1.807, 2.05) is 0 Å². The van der Waals surface area contributed by atoms with Gasteiger partial charge >= 0.3 is 11.9 Å². The van der Waals surface area contributed by atoms with Crippen molar-refractivity contribution >= 4 is 11.9 Å². The predicted octanol–water partition coefficient (Wildman–Crippen LogP) is -0.591. The van der Waals surface area contributed by atoms with Crippen molar-refractivity contribution in [2.24, 2.45) is 11.7 Å². The molecule has 6 heteroatoms. The summed E-state index contributed by atoms with van der Waals surface area (Å²) >= 11 is 0. The number of rotatable bonds is 5. The third kappa shape index (κ3) is 3.32. The largest absolute Gasteiger partial charge is 0.481 e. The van der Waals surface area contributed by atoms with Gasteiger partial charge in [0.15, 0.2) is 0 Å². The maximum absolute atomic E-state index is 10.6. The summed E-state index contributed by atoms with van der Waals surface area (Å²) in [5.41, 5.74) is 6.21. The van der Waals surface area contributed by atoms with Crippen LogP contribution in [0.3, 0.4) is 0 Å². The molecule has 16 heavy (non-hydrogen) atoms. The summed E-state index contributed by atoms with van der Waals surface area (Å²) in [4.78, 5) is 21.1. The lowest BCUT2D eigenvalue weighted by Crippen LogP contribution is -2.31. The Balaban J connectivity index is 2.69. The zero-order chi connectivity index (χ0) is 12.1. The molecule has 0 saturated carbocycles. The fraction of sp³-hybridized carbons (Fsp3) is 0.600. The van der Waals surface area contributed by atoms with Gasteiger partial charge in [0, 0.05) is 31.6 Å². The molecule has 2 atom stereocenters. The molecule has 1 unspecified atom stereocenters. The van der Waals surface area contributed by atoms with Crippen molar-refractivity contribution in [1.29, 1.82) is 0 Å². The van der Waals surface area contributed by atoms with Gasteiger partial charge in [-0.1, -0.05) is 0 Å². The summed E-state index contributed by atoms with van der Waals surface area (Å²) < 4.78 is 0. The van der Waals surface area contributed by atoms with Gasteiger partial charge in [0.2, 0.25) is 0 Å². The molecule has 1 rings (SSSR count). The first-order valence-corrected chi connectivity index (χ1v) is 5.14. The SMILES string of the molecule is NCC1NC[C@@H](CCC(=O)O)/C1=C\C(=O)O. The first kappa shape index (κ1) is 12.7. The molecule has 0 amide bonds. The highest BCUT2D eigenvalue weighted by Crippen LogP contribution is 2.25. The quantitative estimate of drug-likeness (QED) is 0.468. The van der Waals surface area contributed by atoms with Crippen LogP contribution in [0.5, 0.6) is 0 Å². The van der Waals surface area contributed by atoms with E-state index in [-0.39, 0.29) is 18.4 Å². The third-order valence-electron chi connectivity index (χ3n) is 2.72. The van der Waals surface area contributed by atoms with Crippen LogP contribution in [0.15, 0.2) is 11.6 Å². The molecule has 0 aromatic heterocycles. The highest BCUT2D eigenvalue weighted by Gasteiger charge is 2.29. The number of hydrogen-bond donors (Lipinski definition) is 4. The molecule has 1 aliphatic heterocycles. The molecule has 5 N–H and O–H groups in total. The van der Waals surface area contributed by atoms with Gasteiger partial charge in [-0.05, 0) is 17.9 Å². The summed E-state index contributed by atoms with van der Waals surface area (Å²) in [6, 6.07) is -0.144. The lowest BCUT2D eigenvalue weighted by Gasteiger charge is -2.12. The average molecular weight is 228 g/mol. The number of carboxylic acid groups (broad SMARTS) is 2. The Kier molecular flexibility index (Phi) is 4.45. The summed E-state index contributed by atoms with van der Waals surface area (Å²) in [7, 11) is 0. The number of nitrogens with two attached hydrogens (primary N) is 1. The smallest absolute Gasteiger partial charge is 0.328 e. The second kappa shape index (κ2) is 5.62. The lowest BCUT2D eigenvalue weighted by molar-refractivity contribution is -0.137. The molecular weight excluding hydrogens is 212 g/mol. The van der Waals surface area contributed by atoms with E-state index in [2.05, 4.69) is 5.32 Å². The molecule has 1 heterocycles. The highest BCUT2D eigenvalue weighted by molar-refractivity contribution is 5.81. The topological polar surface area (TPSA) is 113 Å². The van der Waals surface area contributed by atoms with Crippen LogP contribution < -0.4 is 11.1 Å². The third-order valence-corrected chi connectivity index (χ3v) is 2.72.